The molecule has 0 aliphatic rings. The molecule has 0 saturated carbocycles. The highest BCUT2D eigenvalue weighted by atomic mass is 32.1. The largest absolute Gasteiger partial charge is 0.395 e. The number of hydrogen-bond donors (Lipinski definition) is 3. The first-order valence-electron chi connectivity index (χ1n) is 10.4. The van der Waals surface area contributed by atoms with Gasteiger partial charge in [-0.15, -0.1) is 0 Å². The third-order valence-electron chi connectivity index (χ3n) is 5.03. The molecule has 1 heterocycles. The lowest BCUT2D eigenvalue weighted by molar-refractivity contribution is -0.126. The molecule has 0 saturated heterocycles. The van der Waals surface area contributed by atoms with Crippen molar-refractivity contribution in [1.29, 1.82) is 0 Å². The van der Waals surface area contributed by atoms with E-state index in [0.717, 1.165) is 12.1 Å². The quantitative estimate of drug-likeness (QED) is 0.363. The van der Waals surface area contributed by atoms with Crippen LogP contribution in [-0.2, 0) is 16.1 Å². The van der Waals surface area contributed by atoms with Crippen LogP contribution >= 0.6 is 11.5 Å². The number of nitrogen functional groups attached to an aromatic ring is 1. The second kappa shape index (κ2) is 11.5. The van der Waals surface area contributed by atoms with Crippen LogP contribution in [0.4, 0.5) is 14.5 Å². The number of aromatic nitrogens is 1. The van der Waals surface area contributed by atoms with Gasteiger partial charge in [-0.2, -0.15) is 4.37 Å². The van der Waals surface area contributed by atoms with E-state index in [9.17, 15) is 23.2 Å². The molecule has 9 nitrogen and oxygen atoms in total. The Bertz CT molecular complexity index is 1200. The van der Waals surface area contributed by atoms with Crippen molar-refractivity contribution in [2.45, 2.75) is 12.6 Å². The lowest BCUT2D eigenvalue weighted by Crippen LogP contribution is -2.44. The van der Waals surface area contributed by atoms with Crippen LogP contribution in [-0.4, -0.2) is 47.3 Å². The van der Waals surface area contributed by atoms with Gasteiger partial charge >= 0.3 is 0 Å². The summed E-state index contributed by atoms with van der Waals surface area (Å²) < 4.78 is 36.0. The Labute approximate surface area is 203 Å². The summed E-state index contributed by atoms with van der Waals surface area (Å²) in [5.41, 5.74) is 11.6. The number of nitrogens with two attached hydrogens (primary N) is 2. The van der Waals surface area contributed by atoms with Gasteiger partial charge in [0.1, 0.15) is 22.6 Å². The van der Waals surface area contributed by atoms with Crippen molar-refractivity contribution >= 4 is 34.9 Å². The first-order valence-corrected chi connectivity index (χ1v) is 11.1. The van der Waals surface area contributed by atoms with E-state index in [1.165, 1.54) is 48.4 Å². The van der Waals surface area contributed by atoms with E-state index in [2.05, 4.69) is 9.69 Å². The second-order valence-corrected chi connectivity index (χ2v) is 8.21. The standard InChI is InChI=1S/C23H23F2N5O4S/c1-34-11-10-28-22(32)19(14-4-8-16(25)9-5-14)30(12-13-2-6-15(24)7-3-13)23(33)20-17(26)18(21(27)31)29-35-20/h2-9,19H,10-12,26H2,1H3,(H2,27,31)(H,28,32)/t19-/m1/s1. The zero-order valence-electron chi connectivity index (χ0n) is 18.7. The van der Waals surface area contributed by atoms with E-state index in [1.807, 2.05) is 0 Å². The summed E-state index contributed by atoms with van der Waals surface area (Å²) in [7, 11) is 1.47. The maximum atomic E-state index is 13.7. The van der Waals surface area contributed by atoms with Crippen molar-refractivity contribution in [1.82, 2.24) is 14.6 Å². The number of carbonyl (C=O) groups is 3. The minimum atomic E-state index is -1.23. The molecule has 0 aliphatic carbocycles. The topological polar surface area (TPSA) is 141 Å². The predicted octanol–water partition coefficient (Wildman–Crippen LogP) is 2.25. The fourth-order valence-electron chi connectivity index (χ4n) is 3.32. The van der Waals surface area contributed by atoms with E-state index >= 15 is 0 Å². The maximum Gasteiger partial charge on any atom is 0.270 e. The smallest absolute Gasteiger partial charge is 0.270 e. The van der Waals surface area contributed by atoms with Crippen LogP contribution in [0.3, 0.4) is 0 Å². The van der Waals surface area contributed by atoms with Crippen molar-refractivity contribution in [3.8, 4) is 0 Å². The highest BCUT2D eigenvalue weighted by Crippen LogP contribution is 2.30. The Balaban J connectivity index is 2.10. The summed E-state index contributed by atoms with van der Waals surface area (Å²) in [6.45, 7) is 0.236. The molecule has 1 aromatic heterocycles. The molecule has 2 aromatic carbocycles. The molecule has 3 rings (SSSR count). The highest BCUT2D eigenvalue weighted by molar-refractivity contribution is 7.09. The molecule has 0 bridgehead atoms. The van der Waals surface area contributed by atoms with Crippen molar-refractivity contribution in [3.63, 3.8) is 0 Å². The van der Waals surface area contributed by atoms with E-state index in [0.29, 0.717) is 22.7 Å². The number of nitrogens with zero attached hydrogens (tertiary/aromatic N) is 2. The zero-order valence-corrected chi connectivity index (χ0v) is 19.5. The Morgan fingerprint density at radius 3 is 2.23 bits per heavy atom. The number of nitrogens with one attached hydrogen (secondary N) is 1. The minimum Gasteiger partial charge on any atom is -0.395 e. The molecule has 12 heteroatoms. The van der Waals surface area contributed by atoms with Gasteiger partial charge in [-0.1, -0.05) is 24.3 Å². The minimum absolute atomic E-state index is 0.0993. The SMILES string of the molecule is COCCNC(=O)[C@@H](c1ccc(F)cc1)N(Cc1ccc(F)cc1)C(=O)c1snc(C(N)=O)c1N. The van der Waals surface area contributed by atoms with E-state index in [1.54, 1.807) is 0 Å². The average Bonchev–Trinajstić information content (AvgIpc) is 3.22. The fourth-order valence-corrected chi connectivity index (χ4v) is 4.08. The van der Waals surface area contributed by atoms with Crippen LogP contribution in [0.15, 0.2) is 48.5 Å². The van der Waals surface area contributed by atoms with Crippen LogP contribution in [0.2, 0.25) is 0 Å². The lowest BCUT2D eigenvalue weighted by Gasteiger charge is -2.31. The lowest BCUT2D eigenvalue weighted by atomic mass is 10.0. The van der Waals surface area contributed by atoms with Gasteiger partial charge in [0.05, 0.1) is 12.3 Å². The van der Waals surface area contributed by atoms with Gasteiger partial charge in [-0.25, -0.2) is 8.78 Å². The molecule has 3 aromatic rings. The van der Waals surface area contributed by atoms with Gasteiger partial charge in [0.15, 0.2) is 5.69 Å². The molecular formula is C23H23F2N5O4S. The second-order valence-electron chi connectivity index (χ2n) is 7.44. The third-order valence-corrected chi connectivity index (χ3v) is 5.88. The number of carbonyl (C=O) groups excluding carboxylic acids is 3. The molecular weight excluding hydrogens is 480 g/mol. The van der Waals surface area contributed by atoms with Crippen LogP contribution in [0.1, 0.15) is 37.3 Å². The Hall–Kier alpha value is -3.90. The summed E-state index contributed by atoms with van der Waals surface area (Å²) in [5, 5.41) is 2.69. The molecule has 0 fully saturated rings. The van der Waals surface area contributed by atoms with Crippen LogP contribution in [0.5, 0.6) is 0 Å². The van der Waals surface area contributed by atoms with Crippen molar-refractivity contribution in [2.24, 2.45) is 5.73 Å². The zero-order chi connectivity index (χ0) is 25.5. The summed E-state index contributed by atoms with van der Waals surface area (Å²) in [5.74, 6) is -3.19. The molecule has 0 spiro atoms. The van der Waals surface area contributed by atoms with Crippen LogP contribution in [0, 0.1) is 11.6 Å². The Kier molecular flexibility index (Phi) is 8.44. The number of methoxy groups -OCH3 is 1. The maximum absolute atomic E-state index is 13.7. The van der Waals surface area contributed by atoms with Gasteiger partial charge in [0.25, 0.3) is 11.8 Å². The molecule has 0 radical (unpaired) electrons. The number of benzene rings is 2. The van der Waals surface area contributed by atoms with Crippen molar-refractivity contribution in [3.05, 3.63) is 81.9 Å². The number of amides is 3. The van der Waals surface area contributed by atoms with Crippen molar-refractivity contribution in [2.75, 3.05) is 26.0 Å². The normalized spacial score (nSPS) is 11.6. The monoisotopic (exact) mass is 503 g/mol. The number of primary amides is 1. The summed E-state index contributed by atoms with van der Waals surface area (Å²) in [6.07, 6.45) is 0. The van der Waals surface area contributed by atoms with Gasteiger partial charge in [-0.3, -0.25) is 14.4 Å². The number of anilines is 1. The fraction of sp³-hybridized carbons (Fsp3) is 0.217. The predicted molar refractivity (Wildman–Crippen MR) is 125 cm³/mol. The van der Waals surface area contributed by atoms with Crippen LogP contribution < -0.4 is 16.8 Å². The molecule has 5 N–H and O–H groups in total. The molecule has 1 atom stereocenters. The average molecular weight is 504 g/mol. The molecule has 0 unspecified atom stereocenters. The first kappa shape index (κ1) is 25.7. The van der Waals surface area contributed by atoms with Crippen LogP contribution in [0.25, 0.3) is 0 Å². The summed E-state index contributed by atoms with van der Waals surface area (Å²) in [6, 6.07) is 9.22. The Morgan fingerprint density at radius 1 is 1.09 bits per heavy atom. The van der Waals surface area contributed by atoms with E-state index in [-0.39, 0.29) is 36.0 Å². The van der Waals surface area contributed by atoms with E-state index in [4.69, 9.17) is 16.2 Å². The third kappa shape index (κ3) is 6.16. The number of hydrogen-bond acceptors (Lipinski definition) is 7. The van der Waals surface area contributed by atoms with Gasteiger partial charge < -0.3 is 26.4 Å². The Morgan fingerprint density at radius 2 is 1.69 bits per heavy atom. The molecule has 184 valence electrons. The van der Waals surface area contributed by atoms with E-state index < -0.39 is 35.4 Å². The first-order chi connectivity index (χ1) is 16.7. The number of halogens is 2. The highest BCUT2D eigenvalue weighted by Gasteiger charge is 2.35. The summed E-state index contributed by atoms with van der Waals surface area (Å²) >= 11 is 0.663. The van der Waals surface area contributed by atoms with Gasteiger partial charge in [0.2, 0.25) is 5.91 Å². The molecule has 3 amide bonds. The van der Waals surface area contributed by atoms with Gasteiger partial charge in [0, 0.05) is 20.2 Å². The number of rotatable bonds is 10. The van der Waals surface area contributed by atoms with Gasteiger partial charge in [-0.05, 0) is 46.9 Å². The molecule has 0 aliphatic heterocycles. The van der Waals surface area contributed by atoms with Crippen molar-refractivity contribution < 1.29 is 27.9 Å². The number of ether oxygens (including phenoxy) is 1. The summed E-state index contributed by atoms with van der Waals surface area (Å²) in [4.78, 5) is 39.7. The molecule has 35 heavy (non-hydrogen) atoms.